The van der Waals surface area contributed by atoms with Crippen LogP contribution in [0, 0.1) is 5.82 Å². The molecule has 4 N–H and O–H groups in total. The van der Waals surface area contributed by atoms with Gasteiger partial charge >= 0.3 is 0 Å². The van der Waals surface area contributed by atoms with Gasteiger partial charge in [-0.3, -0.25) is 4.79 Å². The Hall–Kier alpha value is -1.98. The van der Waals surface area contributed by atoms with Gasteiger partial charge in [0.25, 0.3) is 0 Å². The summed E-state index contributed by atoms with van der Waals surface area (Å²) >= 11 is 0. The fraction of sp³-hybridized carbons (Fsp3) is 0.462. The van der Waals surface area contributed by atoms with E-state index in [2.05, 4.69) is 0 Å². The molecule has 0 saturated heterocycles. The highest BCUT2D eigenvalue weighted by Gasteiger charge is 2.16. The average molecular weight is 269 g/mol. The molecule has 0 aliphatic rings. The van der Waals surface area contributed by atoms with Crippen molar-refractivity contribution < 1.29 is 13.9 Å². The smallest absolute Gasteiger partial charge is 0.236 e. The van der Waals surface area contributed by atoms with Crippen LogP contribution in [0.2, 0.25) is 0 Å². The number of hydrogen-bond acceptors (Lipinski definition) is 4. The highest BCUT2D eigenvalue weighted by Crippen LogP contribution is 2.30. The van der Waals surface area contributed by atoms with E-state index in [1.807, 2.05) is 6.92 Å². The summed E-state index contributed by atoms with van der Waals surface area (Å²) in [6.45, 7) is 2.52. The summed E-state index contributed by atoms with van der Waals surface area (Å²) < 4.78 is 19.0. The lowest BCUT2D eigenvalue weighted by atomic mass is 10.2. The maximum absolute atomic E-state index is 14.0. The first-order valence-corrected chi connectivity index (χ1v) is 6.15. The van der Waals surface area contributed by atoms with Crippen molar-refractivity contribution in [3.05, 3.63) is 17.9 Å². The maximum atomic E-state index is 14.0. The minimum Gasteiger partial charge on any atom is -0.495 e. The number of benzene rings is 1. The molecule has 1 aromatic carbocycles. The minimum absolute atomic E-state index is 0.0377. The number of primary amides is 1. The molecule has 1 rings (SSSR count). The van der Waals surface area contributed by atoms with E-state index >= 15 is 0 Å². The zero-order chi connectivity index (χ0) is 14.4. The molecule has 0 saturated carbocycles. The molecule has 0 heterocycles. The summed E-state index contributed by atoms with van der Waals surface area (Å²) in [5.74, 6) is -0.621. The number of nitrogens with two attached hydrogens (primary N) is 2. The molecule has 0 unspecified atom stereocenters. The number of carbonyl (C=O) groups excluding carboxylic acids is 1. The average Bonchev–Trinajstić information content (AvgIpc) is 2.34. The topological polar surface area (TPSA) is 81.6 Å². The van der Waals surface area contributed by atoms with E-state index in [9.17, 15) is 9.18 Å². The summed E-state index contributed by atoms with van der Waals surface area (Å²) in [4.78, 5) is 12.7. The van der Waals surface area contributed by atoms with Gasteiger partial charge in [-0.05, 0) is 6.42 Å². The van der Waals surface area contributed by atoms with Crippen molar-refractivity contribution in [1.82, 2.24) is 0 Å². The Morgan fingerprint density at radius 1 is 1.47 bits per heavy atom. The predicted molar refractivity (Wildman–Crippen MR) is 73.7 cm³/mol. The second-order valence-corrected chi connectivity index (χ2v) is 4.29. The van der Waals surface area contributed by atoms with Crippen molar-refractivity contribution in [2.75, 3.05) is 30.8 Å². The second-order valence-electron chi connectivity index (χ2n) is 4.29. The van der Waals surface area contributed by atoms with Gasteiger partial charge in [-0.25, -0.2) is 4.39 Å². The van der Waals surface area contributed by atoms with Crippen LogP contribution < -0.4 is 21.1 Å². The van der Waals surface area contributed by atoms with Crippen LogP contribution in [-0.2, 0) is 4.79 Å². The number of nitrogen functional groups attached to an aromatic ring is 1. The summed E-state index contributed by atoms with van der Waals surface area (Å²) in [5.41, 5.74) is 11.3. The van der Waals surface area contributed by atoms with Crippen LogP contribution in [0.4, 0.5) is 15.8 Å². The van der Waals surface area contributed by atoms with Crippen LogP contribution in [0.3, 0.4) is 0 Å². The Labute approximate surface area is 112 Å². The number of halogens is 1. The summed E-state index contributed by atoms with van der Waals surface area (Å²) in [7, 11) is 1.46. The molecule has 19 heavy (non-hydrogen) atoms. The number of ether oxygens (including phenoxy) is 1. The summed E-state index contributed by atoms with van der Waals surface area (Å²) in [6.07, 6.45) is 1.77. The van der Waals surface area contributed by atoms with E-state index < -0.39 is 11.7 Å². The Balaban J connectivity index is 3.09. The van der Waals surface area contributed by atoms with Crippen molar-refractivity contribution in [2.24, 2.45) is 5.73 Å². The summed E-state index contributed by atoms with van der Waals surface area (Å²) in [6, 6.07) is 2.68. The number of nitrogens with zero attached hydrogens (tertiary/aromatic N) is 1. The van der Waals surface area contributed by atoms with Gasteiger partial charge in [0.15, 0.2) is 0 Å². The number of unbranched alkanes of at least 4 members (excludes halogenated alkanes) is 1. The molecule has 0 bridgehead atoms. The lowest BCUT2D eigenvalue weighted by Gasteiger charge is -2.24. The zero-order valence-corrected chi connectivity index (χ0v) is 11.3. The number of carbonyl (C=O) groups is 1. The number of methoxy groups -OCH3 is 1. The third-order valence-corrected chi connectivity index (χ3v) is 2.77. The summed E-state index contributed by atoms with van der Waals surface area (Å²) in [5, 5.41) is 0. The normalized spacial score (nSPS) is 10.3. The van der Waals surface area contributed by atoms with Crippen LogP contribution in [0.1, 0.15) is 19.8 Å². The van der Waals surface area contributed by atoms with Crippen LogP contribution in [0.25, 0.3) is 0 Å². The predicted octanol–water partition coefficient (Wildman–Crippen LogP) is 1.51. The van der Waals surface area contributed by atoms with Gasteiger partial charge in [0.2, 0.25) is 5.91 Å². The van der Waals surface area contributed by atoms with E-state index in [-0.39, 0.29) is 17.9 Å². The van der Waals surface area contributed by atoms with Gasteiger partial charge in [0, 0.05) is 18.7 Å². The molecule has 0 fully saturated rings. The molecule has 0 aliphatic heterocycles. The first kappa shape index (κ1) is 15.1. The van der Waals surface area contributed by atoms with Gasteiger partial charge < -0.3 is 21.1 Å². The van der Waals surface area contributed by atoms with Crippen molar-refractivity contribution in [2.45, 2.75) is 19.8 Å². The molecule has 0 aromatic heterocycles. The molecule has 0 spiro atoms. The molecule has 1 amide bonds. The van der Waals surface area contributed by atoms with Crippen LogP contribution >= 0.6 is 0 Å². The third-order valence-electron chi connectivity index (χ3n) is 2.77. The Kier molecular flexibility index (Phi) is 5.41. The second kappa shape index (κ2) is 6.82. The first-order chi connectivity index (χ1) is 8.99. The lowest BCUT2D eigenvalue weighted by Crippen LogP contribution is -2.35. The van der Waals surface area contributed by atoms with Crippen molar-refractivity contribution in [3.8, 4) is 5.75 Å². The van der Waals surface area contributed by atoms with Crippen molar-refractivity contribution in [1.29, 1.82) is 0 Å². The van der Waals surface area contributed by atoms with Gasteiger partial charge in [-0.15, -0.1) is 0 Å². The van der Waals surface area contributed by atoms with Crippen molar-refractivity contribution in [3.63, 3.8) is 0 Å². The Bertz CT molecular complexity index is 452. The molecule has 5 nitrogen and oxygen atoms in total. The molecule has 106 valence electrons. The maximum Gasteiger partial charge on any atom is 0.236 e. The van der Waals surface area contributed by atoms with Crippen LogP contribution in [-0.4, -0.2) is 26.1 Å². The monoisotopic (exact) mass is 269 g/mol. The third kappa shape index (κ3) is 4.01. The quantitative estimate of drug-likeness (QED) is 0.735. The van der Waals surface area contributed by atoms with E-state index in [4.69, 9.17) is 16.2 Å². The molecule has 1 aromatic rings. The Morgan fingerprint density at radius 3 is 2.68 bits per heavy atom. The number of anilines is 2. The zero-order valence-electron chi connectivity index (χ0n) is 11.3. The molecule has 6 heteroatoms. The minimum atomic E-state index is -0.508. The SMILES string of the molecule is CCCCN(CC(N)=O)c1cc(OC)c(N)cc1F. The largest absolute Gasteiger partial charge is 0.495 e. The van der Waals surface area contributed by atoms with E-state index in [0.29, 0.717) is 12.3 Å². The van der Waals surface area contributed by atoms with E-state index in [0.717, 1.165) is 12.8 Å². The van der Waals surface area contributed by atoms with Gasteiger partial charge in [0.1, 0.15) is 11.6 Å². The van der Waals surface area contributed by atoms with Crippen molar-refractivity contribution >= 4 is 17.3 Å². The van der Waals surface area contributed by atoms with Crippen LogP contribution in [0.5, 0.6) is 5.75 Å². The lowest BCUT2D eigenvalue weighted by molar-refractivity contribution is -0.116. The number of hydrogen-bond donors (Lipinski definition) is 2. The van der Waals surface area contributed by atoms with E-state index in [1.165, 1.54) is 19.2 Å². The number of amides is 1. The fourth-order valence-corrected chi connectivity index (χ4v) is 1.80. The Morgan fingerprint density at radius 2 is 2.16 bits per heavy atom. The highest BCUT2D eigenvalue weighted by molar-refractivity contribution is 5.80. The van der Waals surface area contributed by atoms with Crippen LogP contribution in [0.15, 0.2) is 12.1 Å². The van der Waals surface area contributed by atoms with Gasteiger partial charge in [0.05, 0.1) is 25.0 Å². The fourth-order valence-electron chi connectivity index (χ4n) is 1.80. The first-order valence-electron chi connectivity index (χ1n) is 6.15. The number of rotatable bonds is 7. The van der Waals surface area contributed by atoms with Gasteiger partial charge in [-0.2, -0.15) is 0 Å². The highest BCUT2D eigenvalue weighted by atomic mass is 19.1. The van der Waals surface area contributed by atoms with E-state index in [1.54, 1.807) is 4.90 Å². The molecular weight excluding hydrogens is 249 g/mol. The standard InChI is InChI=1S/C13H20FN3O2/c1-3-4-5-17(8-13(16)18)11-7-12(19-2)10(15)6-9(11)14/h6-7H,3-5,8,15H2,1-2H3,(H2,16,18). The van der Waals surface area contributed by atoms with Gasteiger partial charge in [-0.1, -0.05) is 13.3 Å². The molecule has 0 radical (unpaired) electrons. The molecule has 0 atom stereocenters. The molecular formula is C13H20FN3O2. The molecule has 0 aliphatic carbocycles.